The van der Waals surface area contributed by atoms with E-state index < -0.39 is 11.3 Å². The van der Waals surface area contributed by atoms with Crippen molar-refractivity contribution >= 4 is 11.3 Å². The third-order valence-corrected chi connectivity index (χ3v) is 2.21. The molecule has 0 amide bonds. The zero-order valence-electron chi connectivity index (χ0n) is 6.70. The van der Waals surface area contributed by atoms with Crippen LogP contribution in [0.1, 0.15) is 20.3 Å². The van der Waals surface area contributed by atoms with Crippen LogP contribution in [0.2, 0.25) is 0 Å². The second-order valence-corrected chi connectivity index (χ2v) is 3.64. The molecule has 0 spiro atoms. The Morgan fingerprint density at radius 1 is 1.70 bits per heavy atom. The summed E-state index contributed by atoms with van der Waals surface area (Å²) >= 11 is -1.80. The first kappa shape index (κ1) is 10.1. The number of rotatable bonds is 4. The molecule has 2 atom stereocenters. The lowest BCUT2D eigenvalue weighted by atomic mass is 10.1. The summed E-state index contributed by atoms with van der Waals surface area (Å²) in [5.41, 5.74) is 0. The van der Waals surface area contributed by atoms with Crippen LogP contribution in [0, 0.1) is 5.92 Å². The summed E-state index contributed by atoms with van der Waals surface area (Å²) in [6.07, 6.45) is 1.04. The maximum absolute atomic E-state index is 10.4. The fraction of sp³-hybridized carbons (Fsp3) is 1.00. The van der Waals surface area contributed by atoms with Gasteiger partial charge in [-0.1, -0.05) is 20.3 Å². The minimum Gasteiger partial charge on any atom is -0.294 e. The van der Waals surface area contributed by atoms with Gasteiger partial charge < -0.3 is 0 Å². The molecule has 0 fully saturated rings. The van der Waals surface area contributed by atoms with Crippen LogP contribution in [0.3, 0.4) is 0 Å². The largest absolute Gasteiger partial charge is 0.294 e. The van der Waals surface area contributed by atoms with Gasteiger partial charge in [0, 0.05) is 13.6 Å². The lowest BCUT2D eigenvalue weighted by Gasteiger charge is -2.15. The molecular weight excluding hydrogens is 150 g/mol. The summed E-state index contributed by atoms with van der Waals surface area (Å²) < 4.78 is 20.4. The van der Waals surface area contributed by atoms with Gasteiger partial charge in [0.05, 0.1) is 0 Å². The topological polar surface area (TPSA) is 40.5 Å². The molecule has 0 aliphatic rings. The van der Waals surface area contributed by atoms with Crippen molar-refractivity contribution in [1.29, 1.82) is 0 Å². The van der Waals surface area contributed by atoms with E-state index in [-0.39, 0.29) is 0 Å². The molecule has 0 aliphatic heterocycles. The van der Waals surface area contributed by atoms with Crippen molar-refractivity contribution in [3.63, 3.8) is 0 Å². The molecule has 0 heterocycles. The average Bonchev–Trinajstić information content (AvgIpc) is 1.87. The van der Waals surface area contributed by atoms with Crippen molar-refractivity contribution < 1.29 is 8.76 Å². The number of nitrogens with zero attached hydrogens (tertiary/aromatic N) is 1. The van der Waals surface area contributed by atoms with Gasteiger partial charge in [-0.15, -0.1) is 0 Å². The van der Waals surface area contributed by atoms with Crippen LogP contribution in [0.5, 0.6) is 0 Å². The number of hydrogen-bond acceptors (Lipinski definition) is 1. The Bertz CT molecular complexity index is 118. The zero-order valence-corrected chi connectivity index (χ0v) is 7.52. The second-order valence-electron chi connectivity index (χ2n) is 2.55. The molecule has 4 heteroatoms. The Labute approximate surface area is 64.8 Å². The Kier molecular flexibility index (Phi) is 4.85. The molecule has 3 nitrogen and oxygen atoms in total. The smallest absolute Gasteiger partial charge is 0.234 e. The fourth-order valence-electron chi connectivity index (χ4n) is 0.632. The van der Waals surface area contributed by atoms with E-state index >= 15 is 0 Å². The van der Waals surface area contributed by atoms with Crippen molar-refractivity contribution in [2.45, 2.75) is 20.3 Å². The van der Waals surface area contributed by atoms with Gasteiger partial charge in [0.2, 0.25) is 11.3 Å². The minimum atomic E-state index is -1.80. The molecule has 1 N–H and O–H groups in total. The van der Waals surface area contributed by atoms with E-state index in [4.69, 9.17) is 4.55 Å². The van der Waals surface area contributed by atoms with Crippen molar-refractivity contribution in [3.05, 3.63) is 0 Å². The van der Waals surface area contributed by atoms with E-state index in [0.29, 0.717) is 12.5 Å². The molecule has 0 saturated carbocycles. The second kappa shape index (κ2) is 4.82. The molecule has 0 aliphatic carbocycles. The van der Waals surface area contributed by atoms with Gasteiger partial charge in [0.25, 0.3) is 0 Å². The monoisotopic (exact) mass is 165 g/mol. The summed E-state index contributed by atoms with van der Waals surface area (Å²) in [6.45, 7) is 4.81. The zero-order chi connectivity index (χ0) is 8.15. The molecule has 62 valence electrons. The quantitative estimate of drug-likeness (QED) is 0.634. The summed E-state index contributed by atoms with van der Waals surface area (Å²) in [6, 6.07) is 0. The maximum atomic E-state index is 10.4. The molecule has 0 aromatic heterocycles. The third-order valence-electron chi connectivity index (χ3n) is 1.53. The molecular formula is C6H15NO2S. The molecule has 0 bridgehead atoms. The van der Waals surface area contributed by atoms with Gasteiger partial charge in [-0.2, -0.15) is 0 Å². The molecule has 0 saturated heterocycles. The first-order valence-corrected chi connectivity index (χ1v) is 4.46. The maximum Gasteiger partial charge on any atom is 0.234 e. The molecule has 0 aromatic carbocycles. The standard InChI is InChI=1S/C6H15NO2S/c1-4-6(2)5-7(3)10(8)9/h6H,4-5H2,1-3H3,(H,8,9). The Morgan fingerprint density at radius 2 is 2.20 bits per heavy atom. The van der Waals surface area contributed by atoms with Crippen LogP contribution in [0.4, 0.5) is 0 Å². The first-order valence-electron chi connectivity index (χ1n) is 3.40. The number of hydrogen-bond donors (Lipinski definition) is 1. The van der Waals surface area contributed by atoms with Crippen LogP contribution in [0.25, 0.3) is 0 Å². The highest BCUT2D eigenvalue weighted by molar-refractivity contribution is 7.76. The molecule has 10 heavy (non-hydrogen) atoms. The summed E-state index contributed by atoms with van der Waals surface area (Å²) in [5, 5.41) is 0. The van der Waals surface area contributed by atoms with E-state index in [2.05, 4.69) is 13.8 Å². The van der Waals surface area contributed by atoms with Crippen LogP contribution in [0.15, 0.2) is 0 Å². The van der Waals surface area contributed by atoms with E-state index in [1.807, 2.05) is 0 Å². The summed E-state index contributed by atoms with van der Waals surface area (Å²) in [5.74, 6) is 0.487. The highest BCUT2D eigenvalue weighted by Crippen LogP contribution is 2.02. The van der Waals surface area contributed by atoms with Gasteiger partial charge in [-0.25, -0.2) is 8.51 Å². The molecule has 0 aromatic rings. The van der Waals surface area contributed by atoms with E-state index in [1.165, 1.54) is 4.31 Å². The van der Waals surface area contributed by atoms with Gasteiger partial charge >= 0.3 is 0 Å². The first-order chi connectivity index (χ1) is 4.57. The van der Waals surface area contributed by atoms with Crippen LogP contribution in [-0.2, 0) is 11.3 Å². The SMILES string of the molecule is CCC(C)CN(C)S(=O)O. The third kappa shape index (κ3) is 3.98. The Hall–Kier alpha value is 0.0700. The highest BCUT2D eigenvalue weighted by atomic mass is 32.2. The normalized spacial score (nSPS) is 17.3. The van der Waals surface area contributed by atoms with Gasteiger partial charge in [-0.05, 0) is 5.92 Å². The molecule has 2 unspecified atom stereocenters. The predicted octanol–water partition coefficient (Wildman–Crippen LogP) is 1.10. The van der Waals surface area contributed by atoms with E-state index in [0.717, 1.165) is 6.42 Å². The predicted molar refractivity (Wildman–Crippen MR) is 42.9 cm³/mol. The minimum absolute atomic E-state index is 0.487. The average molecular weight is 165 g/mol. The lowest BCUT2D eigenvalue weighted by molar-refractivity contribution is 0.383. The molecule has 0 radical (unpaired) electrons. The van der Waals surface area contributed by atoms with Crippen molar-refractivity contribution in [2.24, 2.45) is 5.92 Å². The van der Waals surface area contributed by atoms with E-state index in [9.17, 15) is 4.21 Å². The van der Waals surface area contributed by atoms with E-state index in [1.54, 1.807) is 7.05 Å². The van der Waals surface area contributed by atoms with Crippen LogP contribution >= 0.6 is 0 Å². The highest BCUT2D eigenvalue weighted by Gasteiger charge is 2.07. The van der Waals surface area contributed by atoms with Crippen LogP contribution in [-0.4, -0.2) is 26.7 Å². The van der Waals surface area contributed by atoms with Crippen molar-refractivity contribution in [3.8, 4) is 0 Å². The fourth-order valence-corrected chi connectivity index (χ4v) is 1.01. The summed E-state index contributed by atoms with van der Waals surface area (Å²) in [4.78, 5) is 0. The van der Waals surface area contributed by atoms with Crippen LogP contribution < -0.4 is 0 Å². The Balaban J connectivity index is 3.56. The van der Waals surface area contributed by atoms with Crippen molar-refractivity contribution in [1.82, 2.24) is 4.31 Å². The lowest BCUT2D eigenvalue weighted by Crippen LogP contribution is -2.25. The molecule has 0 rings (SSSR count). The van der Waals surface area contributed by atoms with Gasteiger partial charge in [0.1, 0.15) is 0 Å². The van der Waals surface area contributed by atoms with Gasteiger partial charge in [0.15, 0.2) is 0 Å². The van der Waals surface area contributed by atoms with Crippen molar-refractivity contribution in [2.75, 3.05) is 13.6 Å². The Morgan fingerprint density at radius 3 is 2.50 bits per heavy atom. The summed E-state index contributed by atoms with van der Waals surface area (Å²) in [7, 11) is 1.64. The van der Waals surface area contributed by atoms with Gasteiger partial charge in [-0.3, -0.25) is 4.55 Å².